The minimum absolute atomic E-state index is 0.0947. The van der Waals surface area contributed by atoms with Crippen molar-refractivity contribution in [3.63, 3.8) is 0 Å². The normalized spacial score (nSPS) is 25.5. The molecule has 1 fully saturated rings. The zero-order valence-corrected chi connectivity index (χ0v) is 18.0. The highest BCUT2D eigenvalue weighted by Gasteiger charge is 2.39. The molecule has 1 aromatic carbocycles. The molecule has 0 aliphatic heterocycles. The molecule has 6 heteroatoms. The molecule has 5 atom stereocenters. The predicted octanol–water partition coefficient (Wildman–Crippen LogP) is 4.14. The van der Waals surface area contributed by atoms with Crippen molar-refractivity contribution in [2.24, 2.45) is 11.8 Å². The van der Waals surface area contributed by atoms with Gasteiger partial charge in [0.2, 0.25) is 0 Å². The van der Waals surface area contributed by atoms with E-state index in [2.05, 4.69) is 4.74 Å². The Morgan fingerprint density at radius 3 is 2.83 bits per heavy atom. The first-order valence-corrected chi connectivity index (χ1v) is 11.2. The van der Waals surface area contributed by atoms with Crippen LogP contribution in [0.5, 0.6) is 0 Å². The second-order valence-electron chi connectivity index (χ2n) is 7.80. The van der Waals surface area contributed by atoms with Gasteiger partial charge in [0.25, 0.3) is 0 Å². The van der Waals surface area contributed by atoms with Crippen LogP contribution in [0, 0.1) is 11.8 Å². The summed E-state index contributed by atoms with van der Waals surface area (Å²) in [5, 5.41) is 32.5. The third kappa shape index (κ3) is 5.79. The van der Waals surface area contributed by atoms with Crippen molar-refractivity contribution < 1.29 is 24.9 Å². The third-order valence-corrected chi connectivity index (χ3v) is 6.91. The topological polar surface area (TPSA) is 87.0 Å². The van der Waals surface area contributed by atoms with Gasteiger partial charge in [-0.1, -0.05) is 42.5 Å². The molecule has 1 aliphatic rings. The van der Waals surface area contributed by atoms with Gasteiger partial charge in [-0.2, -0.15) is 0 Å². The maximum atomic E-state index is 11.1. The molecule has 30 heavy (non-hydrogen) atoms. The van der Waals surface area contributed by atoms with E-state index in [0.717, 1.165) is 27.8 Å². The molecule has 5 nitrogen and oxygen atoms in total. The van der Waals surface area contributed by atoms with Crippen LogP contribution in [-0.2, 0) is 9.53 Å². The minimum atomic E-state index is -0.734. The first-order chi connectivity index (χ1) is 14.5. The van der Waals surface area contributed by atoms with Crippen molar-refractivity contribution >= 4 is 27.4 Å². The molecule has 3 unspecified atom stereocenters. The van der Waals surface area contributed by atoms with Crippen LogP contribution in [0.25, 0.3) is 10.1 Å². The first kappa shape index (κ1) is 22.7. The quantitative estimate of drug-likeness (QED) is 0.316. The maximum absolute atomic E-state index is 11.1. The fourth-order valence-corrected chi connectivity index (χ4v) is 5.05. The molecule has 0 saturated heterocycles. The van der Waals surface area contributed by atoms with Gasteiger partial charge < -0.3 is 20.1 Å². The summed E-state index contributed by atoms with van der Waals surface area (Å²) in [6.45, 7) is 0. The Balaban J connectivity index is 1.57. The number of thiophene rings is 1. The summed E-state index contributed by atoms with van der Waals surface area (Å²) in [4.78, 5) is 12.0. The Kier molecular flexibility index (Phi) is 8.22. The van der Waals surface area contributed by atoms with E-state index < -0.39 is 18.3 Å². The molecular weight excluding hydrogens is 400 g/mol. The average Bonchev–Trinajstić information content (AvgIpc) is 3.29. The van der Waals surface area contributed by atoms with E-state index in [1.807, 2.05) is 48.6 Å². The van der Waals surface area contributed by atoms with Crippen LogP contribution in [0.2, 0.25) is 0 Å². The van der Waals surface area contributed by atoms with E-state index in [1.165, 1.54) is 7.11 Å². The molecule has 0 amide bonds. The highest BCUT2D eigenvalue weighted by atomic mass is 32.1. The van der Waals surface area contributed by atoms with E-state index in [4.69, 9.17) is 0 Å². The van der Waals surface area contributed by atoms with Crippen LogP contribution in [0.1, 0.15) is 43.1 Å². The van der Waals surface area contributed by atoms with E-state index in [1.54, 1.807) is 17.4 Å². The second-order valence-corrected chi connectivity index (χ2v) is 8.92. The molecule has 1 aromatic heterocycles. The molecule has 1 heterocycles. The van der Waals surface area contributed by atoms with Gasteiger partial charge in [0.05, 0.1) is 19.3 Å². The Morgan fingerprint density at radius 2 is 2.07 bits per heavy atom. The number of aliphatic hydroxyl groups is 3. The van der Waals surface area contributed by atoms with Gasteiger partial charge in [-0.05, 0) is 42.7 Å². The second kappa shape index (κ2) is 10.9. The van der Waals surface area contributed by atoms with Gasteiger partial charge in [0.15, 0.2) is 0 Å². The number of carbonyl (C=O) groups is 1. The van der Waals surface area contributed by atoms with Crippen molar-refractivity contribution in [1.82, 2.24) is 0 Å². The Morgan fingerprint density at radius 1 is 1.27 bits per heavy atom. The summed E-state index contributed by atoms with van der Waals surface area (Å²) in [7, 11) is 1.39. The van der Waals surface area contributed by atoms with Crippen LogP contribution in [0.4, 0.5) is 0 Å². The number of hydrogen-bond acceptors (Lipinski definition) is 6. The summed E-state index contributed by atoms with van der Waals surface area (Å²) in [5.74, 6) is -0.508. The fourth-order valence-electron chi connectivity index (χ4n) is 4.02. The molecule has 3 rings (SSSR count). The largest absolute Gasteiger partial charge is 0.469 e. The Bertz CT molecular complexity index is 854. The van der Waals surface area contributed by atoms with Crippen molar-refractivity contribution in [2.75, 3.05) is 7.11 Å². The Hall–Kier alpha value is -1.99. The number of unbranched alkanes of at least 4 members (excludes halogenated alkanes) is 1. The first-order valence-electron chi connectivity index (χ1n) is 10.4. The number of allylic oxidation sites excluding steroid dienone is 2. The van der Waals surface area contributed by atoms with E-state index in [-0.39, 0.29) is 17.8 Å². The fraction of sp³-hybridized carbons (Fsp3) is 0.458. The number of esters is 1. The lowest BCUT2D eigenvalue weighted by Gasteiger charge is -2.19. The smallest absolute Gasteiger partial charge is 0.305 e. The molecule has 0 radical (unpaired) electrons. The molecule has 3 N–H and O–H groups in total. The van der Waals surface area contributed by atoms with Crippen molar-refractivity contribution in [3.8, 4) is 0 Å². The highest BCUT2D eigenvalue weighted by molar-refractivity contribution is 7.19. The number of rotatable bonds is 9. The van der Waals surface area contributed by atoms with E-state index in [0.29, 0.717) is 19.3 Å². The summed E-state index contributed by atoms with van der Waals surface area (Å²) >= 11 is 1.56. The van der Waals surface area contributed by atoms with Crippen LogP contribution >= 0.6 is 11.3 Å². The highest BCUT2D eigenvalue weighted by Crippen LogP contribution is 2.37. The number of benzene rings is 1. The SMILES string of the molecule is COC(=O)CCC/C=C\CC1C(O)CC(O)[C@@H]1/C=C/[C@@H](O)c1cc2ccccc2s1. The molecule has 0 spiro atoms. The average molecular weight is 431 g/mol. The van der Waals surface area contributed by atoms with Gasteiger partial charge >= 0.3 is 5.97 Å². The van der Waals surface area contributed by atoms with Gasteiger partial charge in [-0.3, -0.25) is 4.79 Å². The molecule has 1 aliphatic carbocycles. The zero-order valence-electron chi connectivity index (χ0n) is 17.2. The van der Waals surface area contributed by atoms with Crippen LogP contribution in [0.3, 0.4) is 0 Å². The number of aliphatic hydroxyl groups excluding tert-OH is 3. The lowest BCUT2D eigenvalue weighted by Crippen LogP contribution is -2.20. The van der Waals surface area contributed by atoms with E-state index in [9.17, 15) is 20.1 Å². The lowest BCUT2D eigenvalue weighted by molar-refractivity contribution is -0.140. The third-order valence-electron chi connectivity index (χ3n) is 5.72. The molecule has 2 aromatic rings. The van der Waals surface area contributed by atoms with E-state index >= 15 is 0 Å². The number of methoxy groups -OCH3 is 1. The van der Waals surface area contributed by atoms with Crippen molar-refractivity contribution in [2.45, 2.75) is 50.4 Å². The summed E-state index contributed by atoms with van der Waals surface area (Å²) in [6.07, 6.45) is 8.54. The Labute approximate surface area is 181 Å². The summed E-state index contributed by atoms with van der Waals surface area (Å²) < 4.78 is 5.75. The molecule has 1 saturated carbocycles. The number of ether oxygens (including phenoxy) is 1. The number of fused-ring (bicyclic) bond motifs is 1. The number of hydrogen-bond donors (Lipinski definition) is 3. The molecule has 162 valence electrons. The summed E-state index contributed by atoms with van der Waals surface area (Å²) in [5.41, 5.74) is 0. The lowest BCUT2D eigenvalue weighted by atomic mass is 9.89. The van der Waals surface area contributed by atoms with Gasteiger partial charge in [-0.15, -0.1) is 11.3 Å². The van der Waals surface area contributed by atoms with Gasteiger partial charge in [0, 0.05) is 28.3 Å². The zero-order chi connectivity index (χ0) is 21.5. The monoisotopic (exact) mass is 430 g/mol. The van der Waals surface area contributed by atoms with Gasteiger partial charge in [0.1, 0.15) is 6.10 Å². The minimum Gasteiger partial charge on any atom is -0.469 e. The standard InChI is InChI=1S/C24H30O5S/c1-29-24(28)11-5-3-2-4-9-17-18(21(27)15-20(17)26)12-13-19(25)23-14-16-8-6-7-10-22(16)30-23/h2,4,6-8,10,12-14,17-21,25-27H,3,5,9,11,15H2,1H3/b4-2-,13-12+/t17?,18-,19-,20?,21?/m1/s1. The van der Waals surface area contributed by atoms with Crippen molar-refractivity contribution in [3.05, 3.63) is 59.5 Å². The van der Waals surface area contributed by atoms with Crippen LogP contribution < -0.4 is 0 Å². The molecule has 0 bridgehead atoms. The number of carbonyl (C=O) groups excluding carboxylic acids is 1. The summed E-state index contributed by atoms with van der Waals surface area (Å²) in [6, 6.07) is 10.0. The predicted molar refractivity (Wildman–Crippen MR) is 119 cm³/mol. The van der Waals surface area contributed by atoms with Crippen LogP contribution in [0.15, 0.2) is 54.6 Å². The van der Waals surface area contributed by atoms with Gasteiger partial charge in [-0.25, -0.2) is 0 Å². The molecular formula is C24H30O5S. The van der Waals surface area contributed by atoms with Crippen LogP contribution in [-0.4, -0.2) is 40.6 Å². The van der Waals surface area contributed by atoms with Crippen molar-refractivity contribution in [1.29, 1.82) is 0 Å². The maximum Gasteiger partial charge on any atom is 0.305 e.